The molecule has 1 aromatic carbocycles. The summed E-state index contributed by atoms with van der Waals surface area (Å²) < 4.78 is 21.5. The minimum atomic E-state index is -0.796. The molecular weight excluding hydrogens is 490 g/mol. The van der Waals surface area contributed by atoms with Crippen molar-refractivity contribution in [2.24, 2.45) is 5.92 Å². The highest BCUT2D eigenvalue weighted by molar-refractivity contribution is 5.86. The van der Waals surface area contributed by atoms with E-state index in [2.05, 4.69) is 10.6 Å². The fourth-order valence-corrected chi connectivity index (χ4v) is 3.96. The Kier molecular flexibility index (Phi) is 10.7. The van der Waals surface area contributed by atoms with Crippen LogP contribution in [0.2, 0.25) is 0 Å². The van der Waals surface area contributed by atoms with E-state index in [-0.39, 0.29) is 24.7 Å². The summed E-state index contributed by atoms with van der Waals surface area (Å²) >= 11 is 0. The second-order valence-corrected chi connectivity index (χ2v) is 11.9. The first-order valence-electron chi connectivity index (χ1n) is 13.2. The van der Waals surface area contributed by atoms with Gasteiger partial charge in [0, 0.05) is 19.6 Å². The van der Waals surface area contributed by atoms with Crippen LogP contribution in [0.15, 0.2) is 18.2 Å². The first-order chi connectivity index (χ1) is 17.6. The molecule has 3 amide bonds. The van der Waals surface area contributed by atoms with Crippen molar-refractivity contribution in [1.82, 2.24) is 15.5 Å². The maximum absolute atomic E-state index is 13.6. The van der Waals surface area contributed by atoms with Crippen LogP contribution in [0, 0.1) is 5.92 Å². The summed E-state index contributed by atoms with van der Waals surface area (Å²) in [6.07, 6.45) is 0.670. The average molecular weight is 536 g/mol. The van der Waals surface area contributed by atoms with Crippen molar-refractivity contribution in [3.63, 3.8) is 0 Å². The van der Waals surface area contributed by atoms with Crippen LogP contribution in [0.1, 0.15) is 73.8 Å². The van der Waals surface area contributed by atoms with E-state index in [1.807, 2.05) is 32.0 Å². The number of alkyl carbamates (subject to hydrolysis) is 2. The highest BCUT2D eigenvalue weighted by Crippen LogP contribution is 2.33. The second kappa shape index (κ2) is 13.1. The van der Waals surface area contributed by atoms with Crippen molar-refractivity contribution in [1.29, 1.82) is 0 Å². The molecule has 10 heteroatoms. The molecule has 0 fully saturated rings. The number of carbonyl (C=O) groups is 3. The quantitative estimate of drug-likeness (QED) is 0.420. The van der Waals surface area contributed by atoms with Gasteiger partial charge in [-0.05, 0) is 91.3 Å². The Morgan fingerprint density at radius 1 is 0.974 bits per heavy atom. The molecule has 1 aliphatic rings. The monoisotopic (exact) mass is 535 g/mol. The van der Waals surface area contributed by atoms with Gasteiger partial charge in [-0.3, -0.25) is 4.79 Å². The largest absolute Gasteiger partial charge is 0.454 e. The Morgan fingerprint density at radius 2 is 1.58 bits per heavy atom. The number of amides is 3. The van der Waals surface area contributed by atoms with Crippen LogP contribution in [0.25, 0.3) is 0 Å². The molecule has 0 spiro atoms. The number of nitrogens with zero attached hydrogens (tertiary/aromatic N) is 1. The van der Waals surface area contributed by atoms with Crippen molar-refractivity contribution < 1.29 is 33.3 Å². The summed E-state index contributed by atoms with van der Waals surface area (Å²) in [4.78, 5) is 39.8. The van der Waals surface area contributed by atoms with Crippen molar-refractivity contribution in [2.75, 3.05) is 20.4 Å². The predicted octanol–water partition coefficient (Wildman–Crippen LogP) is 4.64. The van der Waals surface area contributed by atoms with Crippen molar-refractivity contribution >= 4 is 18.1 Å². The fourth-order valence-electron chi connectivity index (χ4n) is 3.96. The number of carbonyl (C=O) groups excluding carboxylic acids is 3. The van der Waals surface area contributed by atoms with E-state index in [9.17, 15) is 14.4 Å². The molecule has 0 aromatic heterocycles. The van der Waals surface area contributed by atoms with Crippen molar-refractivity contribution in [3.05, 3.63) is 23.8 Å². The van der Waals surface area contributed by atoms with Gasteiger partial charge in [-0.1, -0.05) is 13.0 Å². The Balaban J connectivity index is 2.03. The topological polar surface area (TPSA) is 115 Å². The first kappa shape index (κ1) is 31.1. The van der Waals surface area contributed by atoms with Gasteiger partial charge in [0.05, 0.1) is 0 Å². The number of rotatable bonds is 10. The minimum Gasteiger partial charge on any atom is -0.454 e. The third-order valence-electron chi connectivity index (χ3n) is 5.99. The molecule has 0 saturated heterocycles. The minimum absolute atomic E-state index is 0.146. The van der Waals surface area contributed by atoms with Crippen molar-refractivity contribution in [2.45, 2.75) is 97.9 Å². The number of benzene rings is 1. The third-order valence-corrected chi connectivity index (χ3v) is 5.99. The molecule has 3 atom stereocenters. The molecule has 38 heavy (non-hydrogen) atoms. The van der Waals surface area contributed by atoms with Crippen LogP contribution >= 0.6 is 0 Å². The van der Waals surface area contributed by atoms with Gasteiger partial charge in [0.1, 0.15) is 17.2 Å². The molecule has 1 aliphatic heterocycles. The summed E-state index contributed by atoms with van der Waals surface area (Å²) in [6.45, 7) is 15.2. The molecule has 214 valence electrons. The highest BCUT2D eigenvalue weighted by atomic mass is 16.7. The zero-order valence-electron chi connectivity index (χ0n) is 24.3. The lowest BCUT2D eigenvalue weighted by Crippen LogP contribution is -2.53. The standard InChI is InChI=1S/C28H45N3O7/c1-18(11-10-14-29-25(33)37-27(3,4)5)23(30-26(34)38-28(6,7)8)24(32)31(9)19(2)15-20-12-13-21-22(16-20)36-17-35-21/h12-13,16,18-19,23H,10-11,14-15,17H2,1-9H3,(H,29,33)(H,30,34)/t18-,19?,23-/m0/s1. The number of hydrogen-bond donors (Lipinski definition) is 2. The first-order valence-corrected chi connectivity index (χ1v) is 13.2. The Bertz CT molecular complexity index is 968. The predicted molar refractivity (Wildman–Crippen MR) is 144 cm³/mol. The van der Waals surface area contributed by atoms with Crippen molar-refractivity contribution in [3.8, 4) is 11.5 Å². The molecule has 2 rings (SSSR count). The van der Waals surface area contributed by atoms with E-state index in [1.165, 1.54) is 0 Å². The molecule has 0 saturated carbocycles. The van der Waals surface area contributed by atoms with E-state index in [0.717, 1.165) is 5.56 Å². The zero-order chi connectivity index (χ0) is 28.7. The Morgan fingerprint density at radius 3 is 2.21 bits per heavy atom. The molecule has 0 radical (unpaired) electrons. The van der Waals surface area contributed by atoms with Crippen LogP contribution < -0.4 is 20.1 Å². The molecule has 1 aromatic rings. The summed E-state index contributed by atoms with van der Waals surface area (Å²) in [7, 11) is 1.74. The summed E-state index contributed by atoms with van der Waals surface area (Å²) in [5.41, 5.74) is -0.260. The van der Waals surface area contributed by atoms with E-state index in [4.69, 9.17) is 18.9 Å². The number of hydrogen-bond acceptors (Lipinski definition) is 7. The van der Waals surface area contributed by atoms with Gasteiger partial charge in [0.15, 0.2) is 11.5 Å². The Hall–Kier alpha value is -3.17. The van der Waals surface area contributed by atoms with E-state index in [1.54, 1.807) is 53.5 Å². The number of fused-ring (bicyclic) bond motifs is 1. The highest BCUT2D eigenvalue weighted by Gasteiger charge is 2.32. The van der Waals surface area contributed by atoms with E-state index in [0.29, 0.717) is 37.3 Å². The molecule has 0 bridgehead atoms. The summed E-state index contributed by atoms with van der Waals surface area (Å²) in [5, 5.41) is 5.52. The maximum atomic E-state index is 13.6. The fraction of sp³-hybridized carbons (Fsp3) is 0.679. The van der Waals surface area contributed by atoms with Gasteiger partial charge >= 0.3 is 12.2 Å². The van der Waals surface area contributed by atoms with Crippen LogP contribution in [-0.2, 0) is 20.7 Å². The van der Waals surface area contributed by atoms with Gasteiger partial charge < -0.3 is 34.5 Å². The summed E-state index contributed by atoms with van der Waals surface area (Å²) in [5.74, 6) is 0.983. The summed E-state index contributed by atoms with van der Waals surface area (Å²) in [6, 6.07) is 4.81. The molecular formula is C28H45N3O7. The zero-order valence-corrected chi connectivity index (χ0v) is 24.3. The number of likely N-dealkylation sites (N-methyl/N-ethyl adjacent to an activating group) is 1. The number of ether oxygens (including phenoxy) is 4. The molecule has 0 aliphatic carbocycles. The molecule has 1 heterocycles. The van der Waals surface area contributed by atoms with Gasteiger partial charge in [0.25, 0.3) is 0 Å². The van der Waals surface area contributed by atoms with Gasteiger partial charge in [-0.15, -0.1) is 0 Å². The molecule has 10 nitrogen and oxygen atoms in total. The molecule has 2 N–H and O–H groups in total. The lowest BCUT2D eigenvalue weighted by Gasteiger charge is -2.33. The maximum Gasteiger partial charge on any atom is 0.408 e. The third kappa shape index (κ3) is 10.3. The van der Waals surface area contributed by atoms with Gasteiger partial charge in [-0.2, -0.15) is 0 Å². The van der Waals surface area contributed by atoms with Crippen LogP contribution in [0.4, 0.5) is 9.59 Å². The van der Waals surface area contributed by atoms with Crippen LogP contribution in [0.5, 0.6) is 11.5 Å². The Labute approximate surface area is 226 Å². The van der Waals surface area contributed by atoms with Crippen LogP contribution in [0.3, 0.4) is 0 Å². The van der Waals surface area contributed by atoms with Crippen LogP contribution in [-0.4, -0.2) is 66.7 Å². The van der Waals surface area contributed by atoms with Gasteiger partial charge in [0.2, 0.25) is 12.7 Å². The lowest BCUT2D eigenvalue weighted by atomic mass is 9.94. The van der Waals surface area contributed by atoms with E-state index < -0.39 is 29.4 Å². The molecule has 1 unspecified atom stereocenters. The van der Waals surface area contributed by atoms with Gasteiger partial charge in [-0.25, -0.2) is 9.59 Å². The average Bonchev–Trinajstić information content (AvgIpc) is 3.24. The van der Waals surface area contributed by atoms with E-state index >= 15 is 0 Å². The normalized spacial score (nSPS) is 15.2. The lowest BCUT2D eigenvalue weighted by molar-refractivity contribution is -0.135. The smallest absolute Gasteiger partial charge is 0.408 e. The number of nitrogens with one attached hydrogen (secondary N) is 2. The second-order valence-electron chi connectivity index (χ2n) is 11.9. The SMILES string of the molecule is CC(Cc1ccc2c(c1)OCO2)N(C)C(=O)[C@@H](NC(=O)OC(C)(C)C)[C@@H](C)CCCNC(=O)OC(C)(C)C.